The molecule has 6 rings (SSSR count). The quantitative estimate of drug-likeness (QED) is 0.247. The Labute approximate surface area is 251 Å². The molecular formula is C36H46N4O2. The summed E-state index contributed by atoms with van der Waals surface area (Å²) in [7, 11) is 3.59. The lowest BCUT2D eigenvalue weighted by molar-refractivity contribution is -0.123. The van der Waals surface area contributed by atoms with Gasteiger partial charge in [-0.3, -0.25) is 9.48 Å². The Hall–Kier alpha value is -3.41. The summed E-state index contributed by atoms with van der Waals surface area (Å²) in [6, 6.07) is 15.8. The minimum absolute atomic E-state index is 0.0893. The summed E-state index contributed by atoms with van der Waals surface area (Å²) in [5.74, 6) is 2.95. The van der Waals surface area contributed by atoms with E-state index in [2.05, 4.69) is 81.5 Å². The van der Waals surface area contributed by atoms with Crippen molar-refractivity contribution >= 4 is 17.8 Å². The molecule has 6 heteroatoms. The molecule has 1 heterocycles. The lowest BCUT2D eigenvalue weighted by atomic mass is 9.77. The monoisotopic (exact) mass is 566 g/mol. The lowest BCUT2D eigenvalue weighted by Gasteiger charge is -2.36. The summed E-state index contributed by atoms with van der Waals surface area (Å²) >= 11 is 0. The molecule has 0 N–H and O–H groups in total. The summed E-state index contributed by atoms with van der Waals surface area (Å²) in [5, 5.41) is 4.62. The molecule has 3 aliphatic carbocycles. The van der Waals surface area contributed by atoms with Gasteiger partial charge in [-0.2, -0.15) is 5.10 Å². The van der Waals surface area contributed by atoms with Crippen molar-refractivity contribution in [3.05, 3.63) is 66.0 Å². The summed E-state index contributed by atoms with van der Waals surface area (Å²) in [6.07, 6.45) is 17.3. The van der Waals surface area contributed by atoms with Crippen LogP contribution in [-0.2, 0) is 4.79 Å². The van der Waals surface area contributed by atoms with Crippen LogP contribution >= 0.6 is 0 Å². The second-order valence-electron chi connectivity index (χ2n) is 12.9. The number of hydrogen-bond acceptors (Lipinski definition) is 4. The number of carbonyl (C=O) groups excluding carboxylic acids is 1. The first kappa shape index (κ1) is 28.7. The molecule has 3 saturated carbocycles. The molecule has 1 amide bonds. The van der Waals surface area contributed by atoms with Crippen molar-refractivity contribution in [3.8, 4) is 16.9 Å². The van der Waals surface area contributed by atoms with E-state index in [1.807, 2.05) is 13.2 Å². The standard InChI is InChI=1S/C36H46N4O2/c1-25-19-31(15-18-35(25)42-3)28-11-9-27(10-12-28)23-39(36(41)29-13-7-26(8-14-29)21-37-2)34-6-4-5-30(20-34)32-22-38-40(24-32)33-16-17-33/h4-6,15,18-22,24,26-29,33H,7-14,16-17,23H2,1-3H3/b37-21-/t26-,27-,28-,29-. The lowest BCUT2D eigenvalue weighted by Crippen LogP contribution is -2.41. The summed E-state index contributed by atoms with van der Waals surface area (Å²) < 4.78 is 7.59. The van der Waals surface area contributed by atoms with Crippen molar-refractivity contribution in [1.29, 1.82) is 0 Å². The van der Waals surface area contributed by atoms with Crippen LogP contribution in [0.15, 0.2) is 59.9 Å². The van der Waals surface area contributed by atoms with Gasteiger partial charge in [0.1, 0.15) is 5.75 Å². The number of benzene rings is 2. The molecule has 3 aliphatic rings. The SMILES string of the molecule is C/N=C\[C@H]1CC[C@H](C(=O)N(C[C@H]2CC[C@H](c3ccc(OC)c(C)c3)CC2)c2cccc(-c3cnn(C4CC4)c3)c2)CC1. The molecule has 0 radical (unpaired) electrons. The van der Waals surface area contributed by atoms with Crippen molar-refractivity contribution in [2.75, 3.05) is 25.6 Å². The smallest absolute Gasteiger partial charge is 0.230 e. The Morgan fingerprint density at radius 2 is 1.79 bits per heavy atom. The largest absolute Gasteiger partial charge is 0.496 e. The van der Waals surface area contributed by atoms with Crippen molar-refractivity contribution in [1.82, 2.24) is 9.78 Å². The van der Waals surface area contributed by atoms with Crippen LogP contribution in [0.2, 0.25) is 0 Å². The minimum atomic E-state index is 0.0893. The number of nitrogens with zero attached hydrogens (tertiary/aromatic N) is 4. The molecule has 3 fully saturated rings. The Morgan fingerprint density at radius 1 is 1.00 bits per heavy atom. The van der Waals surface area contributed by atoms with Crippen LogP contribution in [0.5, 0.6) is 5.75 Å². The molecule has 222 valence electrons. The third-order valence-electron chi connectivity index (χ3n) is 9.94. The van der Waals surface area contributed by atoms with Gasteiger partial charge in [0.25, 0.3) is 0 Å². The predicted molar refractivity (Wildman–Crippen MR) is 171 cm³/mol. The highest BCUT2D eigenvalue weighted by Crippen LogP contribution is 2.40. The minimum Gasteiger partial charge on any atom is -0.496 e. The van der Waals surface area contributed by atoms with E-state index < -0.39 is 0 Å². The first-order valence-corrected chi connectivity index (χ1v) is 16.0. The van der Waals surface area contributed by atoms with Gasteiger partial charge in [0.05, 0.1) is 19.3 Å². The summed E-state index contributed by atoms with van der Waals surface area (Å²) in [4.78, 5) is 20.6. The Balaban J connectivity index is 1.19. The molecule has 0 unspecified atom stereocenters. The topological polar surface area (TPSA) is 59.7 Å². The second-order valence-corrected chi connectivity index (χ2v) is 12.9. The van der Waals surface area contributed by atoms with E-state index in [0.717, 1.165) is 67.6 Å². The Kier molecular flexibility index (Phi) is 8.78. The fourth-order valence-corrected chi connectivity index (χ4v) is 7.24. The molecular weight excluding hydrogens is 520 g/mol. The first-order chi connectivity index (χ1) is 20.5. The molecule has 0 atom stereocenters. The van der Waals surface area contributed by atoms with Crippen LogP contribution in [0.1, 0.15) is 87.3 Å². The molecule has 6 nitrogen and oxygen atoms in total. The van der Waals surface area contributed by atoms with Gasteiger partial charge in [-0.05, 0) is 124 Å². The number of anilines is 1. The van der Waals surface area contributed by atoms with Crippen molar-refractivity contribution in [2.45, 2.75) is 83.1 Å². The molecule has 2 aromatic carbocycles. The zero-order valence-electron chi connectivity index (χ0n) is 25.5. The molecule has 0 saturated heterocycles. The van der Waals surface area contributed by atoms with E-state index in [4.69, 9.17) is 4.74 Å². The van der Waals surface area contributed by atoms with Gasteiger partial charge in [0.2, 0.25) is 5.91 Å². The maximum atomic E-state index is 14.2. The van der Waals surface area contributed by atoms with Gasteiger partial charge >= 0.3 is 0 Å². The zero-order valence-corrected chi connectivity index (χ0v) is 25.5. The number of rotatable bonds is 9. The van der Waals surface area contributed by atoms with Crippen molar-refractivity contribution < 1.29 is 9.53 Å². The van der Waals surface area contributed by atoms with Crippen LogP contribution in [0, 0.1) is 24.7 Å². The van der Waals surface area contributed by atoms with Gasteiger partial charge in [-0.1, -0.05) is 24.3 Å². The molecule has 0 aliphatic heterocycles. The number of ether oxygens (including phenoxy) is 1. The van der Waals surface area contributed by atoms with Crippen molar-refractivity contribution in [3.63, 3.8) is 0 Å². The van der Waals surface area contributed by atoms with Gasteiger partial charge in [-0.25, -0.2) is 0 Å². The number of methoxy groups -OCH3 is 1. The number of aromatic nitrogens is 2. The highest BCUT2D eigenvalue weighted by Gasteiger charge is 2.33. The number of hydrogen-bond donors (Lipinski definition) is 0. The predicted octanol–water partition coefficient (Wildman–Crippen LogP) is 8.02. The average molecular weight is 567 g/mol. The van der Waals surface area contributed by atoms with Crippen molar-refractivity contribution in [2.24, 2.45) is 22.7 Å². The zero-order chi connectivity index (χ0) is 29.1. The van der Waals surface area contributed by atoms with Crippen LogP contribution in [0.4, 0.5) is 5.69 Å². The van der Waals surface area contributed by atoms with Crippen LogP contribution in [-0.4, -0.2) is 42.6 Å². The number of aliphatic imine (C=N–C) groups is 1. The highest BCUT2D eigenvalue weighted by molar-refractivity contribution is 5.95. The van der Waals surface area contributed by atoms with E-state index >= 15 is 0 Å². The molecule has 42 heavy (non-hydrogen) atoms. The van der Waals surface area contributed by atoms with E-state index in [-0.39, 0.29) is 5.92 Å². The third-order valence-corrected chi connectivity index (χ3v) is 9.94. The molecule has 3 aromatic rings. The van der Waals surface area contributed by atoms with Gasteiger partial charge in [0, 0.05) is 43.2 Å². The fraction of sp³-hybridized carbons (Fsp3) is 0.528. The molecule has 1 aromatic heterocycles. The molecule has 0 spiro atoms. The number of carbonyl (C=O) groups is 1. The van der Waals surface area contributed by atoms with E-state index in [0.29, 0.717) is 29.7 Å². The Morgan fingerprint density at radius 3 is 2.48 bits per heavy atom. The summed E-state index contributed by atoms with van der Waals surface area (Å²) in [6.45, 7) is 2.93. The van der Waals surface area contributed by atoms with Gasteiger partial charge in [-0.15, -0.1) is 0 Å². The van der Waals surface area contributed by atoms with E-state index in [1.54, 1.807) is 7.11 Å². The van der Waals surface area contributed by atoms with E-state index in [1.165, 1.54) is 36.8 Å². The number of amides is 1. The first-order valence-electron chi connectivity index (χ1n) is 16.0. The van der Waals surface area contributed by atoms with Gasteiger partial charge < -0.3 is 14.6 Å². The fourth-order valence-electron chi connectivity index (χ4n) is 7.24. The second kappa shape index (κ2) is 12.8. The van der Waals surface area contributed by atoms with Crippen LogP contribution in [0.3, 0.4) is 0 Å². The normalized spacial score (nSPS) is 24.5. The third kappa shape index (κ3) is 6.48. The maximum absolute atomic E-state index is 14.2. The van der Waals surface area contributed by atoms with Crippen LogP contribution < -0.4 is 9.64 Å². The highest BCUT2D eigenvalue weighted by atomic mass is 16.5. The molecule has 0 bridgehead atoms. The van der Waals surface area contributed by atoms with Gasteiger partial charge in [0.15, 0.2) is 0 Å². The average Bonchev–Trinajstić information content (AvgIpc) is 3.76. The number of aryl methyl sites for hydroxylation is 1. The Bertz CT molecular complexity index is 1390. The van der Waals surface area contributed by atoms with E-state index in [9.17, 15) is 4.79 Å². The summed E-state index contributed by atoms with van der Waals surface area (Å²) in [5.41, 5.74) is 5.93. The maximum Gasteiger partial charge on any atom is 0.230 e. The van der Waals surface area contributed by atoms with Crippen LogP contribution in [0.25, 0.3) is 11.1 Å².